The van der Waals surface area contributed by atoms with Crippen molar-refractivity contribution in [2.24, 2.45) is 10.2 Å². The maximum absolute atomic E-state index is 13.1. The van der Waals surface area contributed by atoms with E-state index in [-0.39, 0.29) is 11.2 Å². The summed E-state index contributed by atoms with van der Waals surface area (Å²) in [6.07, 6.45) is 0. The molecule has 0 unspecified atom stereocenters. The second kappa shape index (κ2) is 8.88. The van der Waals surface area contributed by atoms with Crippen LogP contribution in [0.5, 0.6) is 0 Å². The summed E-state index contributed by atoms with van der Waals surface area (Å²) in [4.78, 5) is 13.1. The normalized spacial score (nSPS) is 11.5. The SMILES string of the molecule is Cc1[nH]n(-c2ccccc2)c(=O)c1N=Nc1n[nH]c2nnc(-c3ccccc3)c(-c3ccccc3)c12. The van der Waals surface area contributed by atoms with Crippen molar-refractivity contribution in [3.05, 3.63) is 107 Å². The van der Waals surface area contributed by atoms with Gasteiger partial charge in [-0.25, -0.2) is 4.68 Å². The van der Waals surface area contributed by atoms with Crippen LogP contribution in [0.1, 0.15) is 5.69 Å². The third-order valence-electron chi connectivity index (χ3n) is 5.87. The summed E-state index contributed by atoms with van der Waals surface area (Å²) in [5.74, 6) is 0.321. The number of nitrogens with one attached hydrogen (secondary N) is 2. The number of aromatic nitrogens is 6. The maximum atomic E-state index is 13.1. The third kappa shape index (κ3) is 3.68. The fraction of sp³-hybridized carbons (Fsp3) is 0.0370. The second-order valence-electron chi connectivity index (χ2n) is 8.19. The van der Waals surface area contributed by atoms with Crippen LogP contribution in [0.25, 0.3) is 39.1 Å². The van der Waals surface area contributed by atoms with Crippen molar-refractivity contribution < 1.29 is 0 Å². The number of aromatic amines is 2. The highest BCUT2D eigenvalue weighted by Gasteiger charge is 2.20. The molecule has 36 heavy (non-hydrogen) atoms. The van der Waals surface area contributed by atoms with Gasteiger partial charge in [0, 0.05) is 11.1 Å². The number of nitrogens with zero attached hydrogens (tertiary/aromatic N) is 6. The molecule has 9 nitrogen and oxygen atoms in total. The van der Waals surface area contributed by atoms with Crippen molar-refractivity contribution >= 4 is 22.5 Å². The molecule has 0 amide bonds. The van der Waals surface area contributed by atoms with Gasteiger partial charge in [-0.05, 0) is 24.6 Å². The van der Waals surface area contributed by atoms with Gasteiger partial charge in [-0.1, -0.05) is 78.9 Å². The van der Waals surface area contributed by atoms with Crippen LogP contribution in [-0.4, -0.2) is 30.2 Å². The number of rotatable bonds is 5. The van der Waals surface area contributed by atoms with Gasteiger partial charge in [-0.3, -0.25) is 15.0 Å². The molecule has 3 aromatic heterocycles. The smallest absolute Gasteiger partial charge is 0.293 e. The van der Waals surface area contributed by atoms with Crippen molar-refractivity contribution in [3.8, 4) is 28.1 Å². The summed E-state index contributed by atoms with van der Waals surface area (Å²) in [5, 5.41) is 28.6. The van der Waals surface area contributed by atoms with Crippen LogP contribution in [0.2, 0.25) is 0 Å². The first-order valence-electron chi connectivity index (χ1n) is 11.3. The minimum absolute atomic E-state index is 0.210. The van der Waals surface area contributed by atoms with Gasteiger partial charge in [0.25, 0.3) is 5.56 Å². The number of hydrogen-bond donors (Lipinski definition) is 2. The zero-order valence-electron chi connectivity index (χ0n) is 19.3. The number of azo groups is 1. The summed E-state index contributed by atoms with van der Waals surface area (Å²) in [5.41, 5.74) is 5.11. The topological polar surface area (TPSA) is 117 Å². The van der Waals surface area contributed by atoms with Crippen molar-refractivity contribution in [3.63, 3.8) is 0 Å². The summed E-state index contributed by atoms with van der Waals surface area (Å²) in [6.45, 7) is 1.78. The quantitative estimate of drug-likeness (QED) is 0.304. The molecule has 3 heterocycles. The van der Waals surface area contributed by atoms with Gasteiger partial charge in [0.2, 0.25) is 5.82 Å². The second-order valence-corrected chi connectivity index (χ2v) is 8.19. The molecule has 3 aromatic carbocycles. The van der Waals surface area contributed by atoms with Gasteiger partial charge in [0.05, 0.1) is 16.8 Å². The summed E-state index contributed by atoms with van der Waals surface area (Å²) >= 11 is 0. The number of fused-ring (bicyclic) bond motifs is 1. The number of H-pyrrole nitrogens is 2. The maximum Gasteiger partial charge on any atom is 0.299 e. The molecule has 0 saturated carbocycles. The Labute approximate surface area is 205 Å². The lowest BCUT2D eigenvalue weighted by molar-refractivity contribution is 0.835. The predicted molar refractivity (Wildman–Crippen MR) is 138 cm³/mol. The summed E-state index contributed by atoms with van der Waals surface area (Å²) in [7, 11) is 0. The van der Waals surface area contributed by atoms with Crippen molar-refractivity contribution in [2.75, 3.05) is 0 Å². The highest BCUT2D eigenvalue weighted by Crippen LogP contribution is 2.39. The molecule has 6 aromatic rings. The van der Waals surface area contributed by atoms with Crippen LogP contribution in [0.15, 0.2) is 106 Å². The van der Waals surface area contributed by atoms with E-state index in [1.54, 1.807) is 6.92 Å². The molecule has 0 fully saturated rings. The Bertz CT molecular complexity index is 1750. The number of benzene rings is 3. The van der Waals surface area contributed by atoms with Crippen LogP contribution in [0.4, 0.5) is 11.5 Å². The van der Waals surface area contributed by atoms with E-state index >= 15 is 0 Å². The van der Waals surface area contributed by atoms with E-state index in [2.05, 4.69) is 35.7 Å². The van der Waals surface area contributed by atoms with Gasteiger partial charge in [0.1, 0.15) is 5.69 Å². The zero-order valence-corrected chi connectivity index (χ0v) is 19.3. The fourth-order valence-electron chi connectivity index (χ4n) is 4.16. The number of hydrogen-bond acceptors (Lipinski definition) is 6. The van der Waals surface area contributed by atoms with E-state index in [0.29, 0.717) is 33.9 Å². The summed E-state index contributed by atoms with van der Waals surface area (Å²) in [6, 6.07) is 29.0. The van der Waals surface area contributed by atoms with Gasteiger partial charge >= 0.3 is 0 Å². The molecule has 6 rings (SSSR count). The lowest BCUT2D eigenvalue weighted by Crippen LogP contribution is -2.13. The molecule has 0 radical (unpaired) electrons. The Morgan fingerprint density at radius 1 is 0.778 bits per heavy atom. The van der Waals surface area contributed by atoms with E-state index in [1.165, 1.54) is 4.68 Å². The Balaban J connectivity index is 1.52. The average Bonchev–Trinajstić information content (AvgIpc) is 3.48. The molecule has 0 aliphatic rings. The highest BCUT2D eigenvalue weighted by molar-refractivity contribution is 6.04. The molecule has 174 valence electrons. The van der Waals surface area contributed by atoms with Crippen LogP contribution in [0, 0.1) is 6.92 Å². The first-order valence-corrected chi connectivity index (χ1v) is 11.3. The average molecular weight is 473 g/mol. The van der Waals surface area contributed by atoms with Crippen LogP contribution >= 0.6 is 0 Å². The minimum atomic E-state index is -0.296. The predicted octanol–water partition coefficient (Wildman–Crippen LogP) is 5.89. The minimum Gasteiger partial charge on any atom is -0.293 e. The Hall–Kier alpha value is -5.18. The van der Waals surface area contributed by atoms with E-state index in [4.69, 9.17) is 0 Å². The van der Waals surface area contributed by atoms with E-state index < -0.39 is 0 Å². The Morgan fingerprint density at radius 2 is 1.42 bits per heavy atom. The van der Waals surface area contributed by atoms with E-state index in [0.717, 1.165) is 16.7 Å². The van der Waals surface area contributed by atoms with Crippen LogP contribution in [0.3, 0.4) is 0 Å². The third-order valence-corrected chi connectivity index (χ3v) is 5.87. The van der Waals surface area contributed by atoms with Gasteiger partial charge in [-0.2, -0.15) is 5.10 Å². The molecular weight excluding hydrogens is 452 g/mol. The Morgan fingerprint density at radius 3 is 2.11 bits per heavy atom. The number of aryl methyl sites for hydroxylation is 1. The number of para-hydroxylation sites is 1. The fourth-order valence-corrected chi connectivity index (χ4v) is 4.16. The largest absolute Gasteiger partial charge is 0.299 e. The molecule has 0 spiro atoms. The van der Waals surface area contributed by atoms with E-state index in [1.807, 2.05) is 91.0 Å². The van der Waals surface area contributed by atoms with Gasteiger partial charge in [0.15, 0.2) is 11.3 Å². The molecule has 0 aliphatic heterocycles. The molecule has 0 atom stereocenters. The van der Waals surface area contributed by atoms with Gasteiger partial charge in [-0.15, -0.1) is 20.4 Å². The first-order chi connectivity index (χ1) is 17.7. The van der Waals surface area contributed by atoms with Gasteiger partial charge < -0.3 is 0 Å². The van der Waals surface area contributed by atoms with Crippen molar-refractivity contribution in [1.82, 2.24) is 30.2 Å². The van der Waals surface area contributed by atoms with Crippen LogP contribution in [-0.2, 0) is 0 Å². The van der Waals surface area contributed by atoms with E-state index in [9.17, 15) is 4.79 Å². The lowest BCUT2D eigenvalue weighted by atomic mass is 9.97. The Kier molecular flexibility index (Phi) is 5.27. The molecular formula is C27H20N8O. The zero-order chi connectivity index (χ0) is 24.5. The van der Waals surface area contributed by atoms with Crippen LogP contribution < -0.4 is 5.56 Å². The lowest BCUT2D eigenvalue weighted by Gasteiger charge is -2.10. The highest BCUT2D eigenvalue weighted by atomic mass is 16.1. The molecule has 0 aliphatic carbocycles. The molecule has 9 heteroatoms. The standard InChI is InChI=1S/C27H20N8O/c1-17-23(27(36)35(34-17)20-15-9-4-10-16-20)28-30-25-22-21(18-11-5-2-6-12-18)24(19-13-7-3-8-14-19)29-31-26(22)33-32-25/h2-16,34H,1H3,(H,31,32,33). The first kappa shape index (κ1) is 21.4. The molecule has 0 saturated heterocycles. The molecule has 2 N–H and O–H groups in total. The monoisotopic (exact) mass is 472 g/mol. The summed E-state index contributed by atoms with van der Waals surface area (Å²) < 4.78 is 1.45. The van der Waals surface area contributed by atoms with Crippen molar-refractivity contribution in [1.29, 1.82) is 0 Å². The molecule has 0 bridgehead atoms. The van der Waals surface area contributed by atoms with Crippen molar-refractivity contribution in [2.45, 2.75) is 6.92 Å².